The van der Waals surface area contributed by atoms with Crippen molar-refractivity contribution in [3.63, 3.8) is 0 Å². The molecule has 0 bridgehead atoms. The van der Waals surface area contributed by atoms with Crippen LogP contribution < -0.4 is 5.32 Å². The predicted octanol–water partition coefficient (Wildman–Crippen LogP) is 3.78. The molecule has 0 fully saturated rings. The first-order chi connectivity index (χ1) is 10.5. The summed E-state index contributed by atoms with van der Waals surface area (Å²) < 4.78 is 13.6. The summed E-state index contributed by atoms with van der Waals surface area (Å²) in [4.78, 5) is 22.0. The fourth-order valence-electron chi connectivity index (χ4n) is 1.93. The molecule has 112 valence electrons. The molecule has 0 saturated carbocycles. The van der Waals surface area contributed by atoms with Gasteiger partial charge in [-0.05, 0) is 24.6 Å². The quantitative estimate of drug-likeness (QED) is 0.530. The topological polar surface area (TPSA) is 72.2 Å². The summed E-state index contributed by atoms with van der Waals surface area (Å²) in [5, 5.41) is 13.2. The molecular weight excluding hydrogens is 287 g/mol. The maximum Gasteiger partial charge on any atom is 0.271 e. The molecule has 0 unspecified atom stereocenters. The average molecular weight is 300 g/mol. The maximum absolute atomic E-state index is 13.6. The third-order valence-corrected chi connectivity index (χ3v) is 2.97. The van der Waals surface area contributed by atoms with Crippen molar-refractivity contribution in [2.45, 2.75) is 6.92 Å². The predicted molar refractivity (Wildman–Crippen MR) is 81.8 cm³/mol. The zero-order valence-electron chi connectivity index (χ0n) is 11.7. The van der Waals surface area contributed by atoms with Gasteiger partial charge in [0, 0.05) is 29.5 Å². The fraction of sp³-hybridized carbons (Fsp3) is 0.0625. The van der Waals surface area contributed by atoms with Gasteiger partial charge in [-0.15, -0.1) is 0 Å². The van der Waals surface area contributed by atoms with Gasteiger partial charge in [-0.25, -0.2) is 4.39 Å². The average Bonchev–Trinajstić information content (AvgIpc) is 2.47. The van der Waals surface area contributed by atoms with E-state index >= 15 is 0 Å². The van der Waals surface area contributed by atoms with Crippen molar-refractivity contribution in [2.75, 3.05) is 5.32 Å². The molecular formula is C16H13FN2O3. The minimum Gasteiger partial charge on any atom is -0.322 e. The Kier molecular flexibility index (Phi) is 4.63. The van der Waals surface area contributed by atoms with Crippen molar-refractivity contribution in [2.24, 2.45) is 0 Å². The molecule has 2 aromatic carbocycles. The van der Waals surface area contributed by atoms with Crippen LogP contribution in [0.5, 0.6) is 0 Å². The van der Waals surface area contributed by atoms with Crippen molar-refractivity contribution in [1.29, 1.82) is 0 Å². The second-order valence-electron chi connectivity index (χ2n) is 4.60. The van der Waals surface area contributed by atoms with Crippen molar-refractivity contribution in [3.05, 3.63) is 76.1 Å². The monoisotopic (exact) mass is 300 g/mol. The summed E-state index contributed by atoms with van der Waals surface area (Å²) in [6.07, 6.45) is 1.25. The van der Waals surface area contributed by atoms with Crippen LogP contribution in [0, 0.1) is 15.9 Å². The number of hydrogen-bond acceptors (Lipinski definition) is 3. The second-order valence-corrected chi connectivity index (χ2v) is 4.60. The van der Waals surface area contributed by atoms with Gasteiger partial charge in [-0.3, -0.25) is 14.9 Å². The molecule has 0 spiro atoms. The number of anilines is 1. The number of carbonyl (C=O) groups is 1. The molecule has 0 aliphatic carbocycles. The normalized spacial score (nSPS) is 11.1. The van der Waals surface area contributed by atoms with Crippen molar-refractivity contribution in [3.8, 4) is 0 Å². The Bertz CT molecular complexity index is 757. The minimum atomic E-state index is -0.546. The number of hydrogen-bond donors (Lipinski definition) is 1. The lowest BCUT2D eigenvalue weighted by Gasteiger charge is -2.05. The van der Waals surface area contributed by atoms with Crippen LogP contribution in [0.25, 0.3) is 5.57 Å². The molecule has 0 radical (unpaired) electrons. The van der Waals surface area contributed by atoms with Gasteiger partial charge in [0.25, 0.3) is 5.69 Å². The smallest absolute Gasteiger partial charge is 0.271 e. The van der Waals surface area contributed by atoms with E-state index in [9.17, 15) is 19.3 Å². The Labute approximate surface area is 126 Å². The van der Waals surface area contributed by atoms with Gasteiger partial charge in [-0.2, -0.15) is 0 Å². The van der Waals surface area contributed by atoms with Gasteiger partial charge >= 0.3 is 0 Å². The first-order valence-corrected chi connectivity index (χ1v) is 6.46. The molecule has 6 heteroatoms. The third-order valence-electron chi connectivity index (χ3n) is 2.97. The van der Waals surface area contributed by atoms with Crippen molar-refractivity contribution >= 4 is 22.9 Å². The van der Waals surface area contributed by atoms with Gasteiger partial charge in [-0.1, -0.05) is 24.3 Å². The Hall–Kier alpha value is -3.02. The lowest BCUT2D eigenvalue weighted by Crippen LogP contribution is -2.09. The largest absolute Gasteiger partial charge is 0.322 e. The van der Waals surface area contributed by atoms with E-state index in [0.29, 0.717) is 16.8 Å². The van der Waals surface area contributed by atoms with Crippen LogP contribution in [0.4, 0.5) is 15.8 Å². The number of nitrogens with one attached hydrogen (secondary N) is 1. The SMILES string of the molecule is C/C(=C/C(=O)Nc1cccc([N+](=O)[O-])c1)c1ccccc1F. The number of nitrogens with zero attached hydrogens (tertiary/aromatic N) is 1. The molecule has 0 aromatic heterocycles. The van der Waals surface area contributed by atoms with E-state index in [1.54, 1.807) is 25.1 Å². The Morgan fingerprint density at radius 2 is 1.95 bits per heavy atom. The van der Waals surface area contributed by atoms with Crippen LogP contribution in [-0.2, 0) is 4.79 Å². The number of halogens is 1. The first-order valence-electron chi connectivity index (χ1n) is 6.46. The van der Waals surface area contributed by atoms with Crippen LogP contribution in [-0.4, -0.2) is 10.8 Å². The molecule has 1 N–H and O–H groups in total. The van der Waals surface area contributed by atoms with E-state index in [4.69, 9.17) is 0 Å². The summed E-state index contributed by atoms with van der Waals surface area (Å²) in [6, 6.07) is 11.7. The molecule has 1 amide bonds. The highest BCUT2D eigenvalue weighted by molar-refractivity contribution is 6.03. The van der Waals surface area contributed by atoms with Crippen LogP contribution in [0.3, 0.4) is 0 Å². The summed E-state index contributed by atoms with van der Waals surface area (Å²) in [5.41, 5.74) is 0.974. The number of allylic oxidation sites excluding steroid dienone is 1. The molecule has 2 rings (SSSR count). The molecule has 0 atom stereocenters. The van der Waals surface area contributed by atoms with E-state index in [0.717, 1.165) is 0 Å². The lowest BCUT2D eigenvalue weighted by atomic mass is 10.1. The third kappa shape index (κ3) is 3.76. The van der Waals surface area contributed by atoms with Gasteiger partial charge < -0.3 is 5.32 Å². The Morgan fingerprint density at radius 3 is 2.64 bits per heavy atom. The van der Waals surface area contributed by atoms with E-state index in [1.165, 1.54) is 36.4 Å². The number of nitro benzene ring substituents is 1. The molecule has 22 heavy (non-hydrogen) atoms. The van der Waals surface area contributed by atoms with Crippen molar-refractivity contribution in [1.82, 2.24) is 0 Å². The Morgan fingerprint density at radius 1 is 1.23 bits per heavy atom. The summed E-state index contributed by atoms with van der Waals surface area (Å²) >= 11 is 0. The summed E-state index contributed by atoms with van der Waals surface area (Å²) in [6.45, 7) is 1.62. The zero-order valence-corrected chi connectivity index (χ0v) is 11.7. The molecule has 5 nitrogen and oxygen atoms in total. The first kappa shape index (κ1) is 15.4. The van der Waals surface area contributed by atoms with Gasteiger partial charge in [0.05, 0.1) is 4.92 Å². The van der Waals surface area contributed by atoms with E-state index in [-0.39, 0.29) is 5.69 Å². The van der Waals surface area contributed by atoms with Crippen molar-refractivity contribution < 1.29 is 14.1 Å². The standard InChI is InChI=1S/C16H13FN2O3/c1-11(14-7-2-3-8-15(14)17)9-16(20)18-12-5-4-6-13(10-12)19(21)22/h2-10H,1H3,(H,18,20)/b11-9-. The van der Waals surface area contributed by atoms with E-state index in [2.05, 4.69) is 5.32 Å². The molecule has 0 heterocycles. The zero-order chi connectivity index (χ0) is 16.1. The fourth-order valence-corrected chi connectivity index (χ4v) is 1.93. The molecule has 0 aliphatic rings. The molecule has 0 saturated heterocycles. The highest BCUT2D eigenvalue weighted by atomic mass is 19.1. The highest BCUT2D eigenvalue weighted by Gasteiger charge is 2.08. The van der Waals surface area contributed by atoms with Gasteiger partial charge in [0.1, 0.15) is 5.82 Å². The number of benzene rings is 2. The number of amides is 1. The lowest BCUT2D eigenvalue weighted by molar-refractivity contribution is -0.384. The number of carbonyl (C=O) groups excluding carboxylic acids is 1. The maximum atomic E-state index is 13.6. The molecule has 2 aromatic rings. The van der Waals surface area contributed by atoms with Crippen LogP contribution in [0.2, 0.25) is 0 Å². The minimum absolute atomic E-state index is 0.118. The Balaban J connectivity index is 2.16. The number of non-ortho nitro benzene ring substituents is 1. The van der Waals surface area contributed by atoms with Crippen LogP contribution in [0.1, 0.15) is 12.5 Å². The van der Waals surface area contributed by atoms with Crippen LogP contribution in [0.15, 0.2) is 54.6 Å². The second kappa shape index (κ2) is 6.62. The van der Waals surface area contributed by atoms with E-state index < -0.39 is 16.6 Å². The van der Waals surface area contributed by atoms with Gasteiger partial charge in [0.15, 0.2) is 0 Å². The number of rotatable bonds is 4. The van der Waals surface area contributed by atoms with E-state index in [1.807, 2.05) is 0 Å². The highest BCUT2D eigenvalue weighted by Crippen LogP contribution is 2.19. The summed E-state index contributed by atoms with van der Waals surface area (Å²) in [5.74, 6) is -0.902. The summed E-state index contributed by atoms with van der Waals surface area (Å²) in [7, 11) is 0. The molecule has 0 aliphatic heterocycles. The van der Waals surface area contributed by atoms with Gasteiger partial charge in [0.2, 0.25) is 5.91 Å². The van der Waals surface area contributed by atoms with Crippen LogP contribution >= 0.6 is 0 Å². The number of nitro groups is 1.